The van der Waals surface area contributed by atoms with Gasteiger partial charge in [-0.1, -0.05) is 6.07 Å². The van der Waals surface area contributed by atoms with Crippen molar-refractivity contribution < 1.29 is 9.53 Å². The zero-order valence-electron chi connectivity index (χ0n) is 7.94. The van der Waals surface area contributed by atoms with Gasteiger partial charge in [-0.05, 0) is 17.9 Å². The van der Waals surface area contributed by atoms with Crippen LogP contribution >= 0.6 is 11.3 Å². The summed E-state index contributed by atoms with van der Waals surface area (Å²) in [6, 6.07) is 3.97. The van der Waals surface area contributed by atoms with Crippen LogP contribution in [0.2, 0.25) is 0 Å². The van der Waals surface area contributed by atoms with Gasteiger partial charge >= 0.3 is 0 Å². The van der Waals surface area contributed by atoms with Crippen molar-refractivity contribution in [1.82, 2.24) is 4.90 Å². The van der Waals surface area contributed by atoms with Crippen LogP contribution in [0, 0.1) is 0 Å². The molecule has 1 aromatic heterocycles. The third kappa shape index (κ3) is 2.33. The van der Waals surface area contributed by atoms with Gasteiger partial charge in [-0.15, -0.1) is 11.3 Å². The molecule has 0 radical (unpaired) electrons. The number of nitrogens with zero attached hydrogens (tertiary/aromatic N) is 1. The van der Waals surface area contributed by atoms with Gasteiger partial charge in [0.05, 0.1) is 13.0 Å². The number of carbonyl (C=O) groups is 1. The Labute approximate surface area is 87.3 Å². The van der Waals surface area contributed by atoms with Crippen LogP contribution in [0.4, 0.5) is 0 Å². The maximum Gasteiger partial charge on any atom is 0.229 e. The summed E-state index contributed by atoms with van der Waals surface area (Å²) in [6.07, 6.45) is 1.47. The lowest BCUT2D eigenvalue weighted by atomic mass is 10.3. The summed E-state index contributed by atoms with van der Waals surface area (Å²) in [4.78, 5) is 14.6. The summed E-state index contributed by atoms with van der Waals surface area (Å²) in [5.41, 5.74) is 0. The first-order valence-electron chi connectivity index (χ1n) is 4.74. The molecule has 0 unspecified atom stereocenters. The highest BCUT2D eigenvalue weighted by atomic mass is 32.1. The summed E-state index contributed by atoms with van der Waals surface area (Å²) in [7, 11) is 0. The zero-order valence-corrected chi connectivity index (χ0v) is 8.76. The van der Waals surface area contributed by atoms with Crippen molar-refractivity contribution in [2.45, 2.75) is 12.8 Å². The molecule has 0 atom stereocenters. The van der Waals surface area contributed by atoms with Gasteiger partial charge in [-0.25, -0.2) is 0 Å². The lowest BCUT2D eigenvalue weighted by Gasteiger charge is -2.26. The van der Waals surface area contributed by atoms with Gasteiger partial charge in [0.25, 0.3) is 0 Å². The molecule has 0 spiro atoms. The minimum absolute atomic E-state index is 0.173. The fourth-order valence-electron chi connectivity index (χ4n) is 1.47. The standard InChI is InChI=1S/C10H13NO2S/c12-10(7-9-3-1-6-14-9)11-4-2-5-13-8-11/h1,3,6H,2,4-5,7-8H2. The second kappa shape index (κ2) is 4.57. The summed E-state index contributed by atoms with van der Waals surface area (Å²) < 4.78 is 5.23. The first-order chi connectivity index (χ1) is 6.86. The van der Waals surface area contributed by atoms with Gasteiger partial charge in [0.15, 0.2) is 0 Å². The van der Waals surface area contributed by atoms with Crippen molar-refractivity contribution in [1.29, 1.82) is 0 Å². The van der Waals surface area contributed by atoms with Gasteiger partial charge < -0.3 is 9.64 Å². The number of rotatable bonds is 2. The monoisotopic (exact) mass is 211 g/mol. The van der Waals surface area contributed by atoms with Crippen LogP contribution in [0.5, 0.6) is 0 Å². The number of hydrogen-bond acceptors (Lipinski definition) is 3. The van der Waals surface area contributed by atoms with Crippen molar-refractivity contribution in [3.8, 4) is 0 Å². The van der Waals surface area contributed by atoms with Gasteiger partial charge in [0.1, 0.15) is 6.73 Å². The third-order valence-electron chi connectivity index (χ3n) is 2.22. The van der Waals surface area contributed by atoms with Crippen molar-refractivity contribution in [2.24, 2.45) is 0 Å². The van der Waals surface area contributed by atoms with Crippen LogP contribution in [-0.4, -0.2) is 30.7 Å². The average molecular weight is 211 g/mol. The highest BCUT2D eigenvalue weighted by Gasteiger charge is 2.16. The Morgan fingerprint density at radius 1 is 1.64 bits per heavy atom. The van der Waals surface area contributed by atoms with Crippen LogP contribution in [0.15, 0.2) is 17.5 Å². The van der Waals surface area contributed by atoms with E-state index in [1.807, 2.05) is 17.5 Å². The molecular weight excluding hydrogens is 198 g/mol. The molecule has 1 fully saturated rings. The Bertz CT molecular complexity index is 291. The molecular formula is C10H13NO2S. The molecule has 0 N–H and O–H groups in total. The second-order valence-corrected chi connectivity index (χ2v) is 4.34. The molecule has 0 bridgehead atoms. The average Bonchev–Trinajstić information content (AvgIpc) is 2.72. The summed E-state index contributed by atoms with van der Waals surface area (Å²) in [5.74, 6) is 0.173. The molecule has 1 aromatic rings. The minimum Gasteiger partial charge on any atom is -0.361 e. The SMILES string of the molecule is O=C(Cc1cccs1)N1CCCOC1. The molecule has 14 heavy (non-hydrogen) atoms. The first kappa shape index (κ1) is 9.68. The molecule has 1 saturated heterocycles. The molecule has 2 rings (SSSR count). The fourth-order valence-corrected chi connectivity index (χ4v) is 2.16. The second-order valence-electron chi connectivity index (χ2n) is 3.30. The number of ether oxygens (including phenoxy) is 1. The van der Waals surface area contributed by atoms with Gasteiger partial charge in [0.2, 0.25) is 5.91 Å². The molecule has 4 heteroatoms. The van der Waals surface area contributed by atoms with Crippen molar-refractivity contribution in [2.75, 3.05) is 19.9 Å². The molecule has 76 valence electrons. The number of thiophene rings is 1. The Morgan fingerprint density at radius 3 is 3.21 bits per heavy atom. The highest BCUT2D eigenvalue weighted by Crippen LogP contribution is 2.11. The Hall–Kier alpha value is -0.870. The van der Waals surface area contributed by atoms with Crippen LogP contribution in [0.25, 0.3) is 0 Å². The van der Waals surface area contributed by atoms with Crippen LogP contribution in [0.3, 0.4) is 0 Å². The summed E-state index contributed by atoms with van der Waals surface area (Å²) in [5, 5.41) is 2.00. The van der Waals surface area contributed by atoms with E-state index in [0.717, 1.165) is 24.4 Å². The number of hydrogen-bond donors (Lipinski definition) is 0. The van der Waals surface area contributed by atoms with E-state index < -0.39 is 0 Å². The quantitative estimate of drug-likeness (QED) is 0.742. The lowest BCUT2D eigenvalue weighted by molar-refractivity contribution is -0.139. The number of amides is 1. The normalized spacial score (nSPS) is 17.0. The van der Waals surface area contributed by atoms with Crippen LogP contribution in [0.1, 0.15) is 11.3 Å². The van der Waals surface area contributed by atoms with E-state index in [0.29, 0.717) is 13.2 Å². The van der Waals surface area contributed by atoms with E-state index in [1.165, 1.54) is 0 Å². The van der Waals surface area contributed by atoms with Gasteiger partial charge in [-0.2, -0.15) is 0 Å². The molecule has 3 nitrogen and oxygen atoms in total. The molecule has 0 saturated carbocycles. The van der Waals surface area contributed by atoms with E-state index in [9.17, 15) is 4.79 Å². The molecule has 2 heterocycles. The molecule has 1 amide bonds. The van der Waals surface area contributed by atoms with E-state index >= 15 is 0 Å². The number of carbonyl (C=O) groups excluding carboxylic acids is 1. The van der Waals surface area contributed by atoms with E-state index in [-0.39, 0.29) is 5.91 Å². The van der Waals surface area contributed by atoms with Crippen molar-refractivity contribution in [3.05, 3.63) is 22.4 Å². The minimum atomic E-state index is 0.173. The fraction of sp³-hybridized carbons (Fsp3) is 0.500. The Kier molecular flexibility index (Phi) is 3.16. The first-order valence-corrected chi connectivity index (χ1v) is 5.62. The maximum atomic E-state index is 11.7. The van der Waals surface area contributed by atoms with E-state index in [2.05, 4.69) is 0 Å². The molecule has 0 aliphatic carbocycles. The lowest BCUT2D eigenvalue weighted by Crippen LogP contribution is -2.38. The Morgan fingerprint density at radius 2 is 2.57 bits per heavy atom. The third-order valence-corrected chi connectivity index (χ3v) is 3.10. The summed E-state index contributed by atoms with van der Waals surface area (Å²) in [6.45, 7) is 2.08. The topological polar surface area (TPSA) is 29.5 Å². The highest BCUT2D eigenvalue weighted by molar-refractivity contribution is 7.10. The van der Waals surface area contributed by atoms with Gasteiger partial charge in [-0.3, -0.25) is 4.79 Å². The predicted octanol–water partition coefficient (Wildman–Crippen LogP) is 1.50. The van der Waals surface area contributed by atoms with E-state index in [4.69, 9.17) is 4.74 Å². The van der Waals surface area contributed by atoms with Crippen LogP contribution in [-0.2, 0) is 16.0 Å². The molecule has 1 aliphatic rings. The largest absolute Gasteiger partial charge is 0.361 e. The molecule has 1 aliphatic heterocycles. The smallest absolute Gasteiger partial charge is 0.229 e. The van der Waals surface area contributed by atoms with Crippen LogP contribution < -0.4 is 0 Å². The molecule has 0 aromatic carbocycles. The van der Waals surface area contributed by atoms with E-state index in [1.54, 1.807) is 16.2 Å². The van der Waals surface area contributed by atoms with Crippen molar-refractivity contribution >= 4 is 17.2 Å². The summed E-state index contributed by atoms with van der Waals surface area (Å²) >= 11 is 1.63. The van der Waals surface area contributed by atoms with Crippen molar-refractivity contribution in [3.63, 3.8) is 0 Å². The maximum absolute atomic E-state index is 11.7. The zero-order chi connectivity index (χ0) is 9.80. The predicted molar refractivity (Wildman–Crippen MR) is 55.2 cm³/mol. The van der Waals surface area contributed by atoms with Gasteiger partial charge in [0, 0.05) is 11.4 Å². The Balaban J connectivity index is 1.88.